The number of halogens is 1. The first-order valence-electron chi connectivity index (χ1n) is 12.7. The molecular weight excluding hydrogens is 488 g/mol. The topological polar surface area (TPSA) is 97.1 Å². The van der Waals surface area contributed by atoms with E-state index in [0.29, 0.717) is 18.6 Å². The van der Waals surface area contributed by atoms with E-state index in [1.54, 1.807) is 45.0 Å². The molecule has 0 aliphatic heterocycles. The van der Waals surface area contributed by atoms with Crippen LogP contribution in [0.1, 0.15) is 98.9 Å². The summed E-state index contributed by atoms with van der Waals surface area (Å²) in [7, 11) is 0. The Hall–Kier alpha value is -3.19. The third-order valence-electron chi connectivity index (χ3n) is 5.93. The Kier molecular flexibility index (Phi) is 9.49. The molecule has 2 aromatic carbocycles. The molecule has 1 heterocycles. The highest BCUT2D eigenvalue weighted by molar-refractivity contribution is 6.28. The van der Waals surface area contributed by atoms with Gasteiger partial charge in [0.1, 0.15) is 11.4 Å². The van der Waals surface area contributed by atoms with Gasteiger partial charge in [-0.1, -0.05) is 30.7 Å². The lowest BCUT2D eigenvalue weighted by molar-refractivity contribution is 0.00674. The molecule has 0 saturated carbocycles. The minimum absolute atomic E-state index is 0.125. The Morgan fingerprint density at radius 1 is 1.05 bits per heavy atom. The van der Waals surface area contributed by atoms with Gasteiger partial charge in [0.25, 0.3) is 5.91 Å². The summed E-state index contributed by atoms with van der Waals surface area (Å²) in [5.74, 6) is 0.1000. The number of imidazole rings is 1. The first-order valence-corrected chi connectivity index (χ1v) is 13.3. The van der Waals surface area contributed by atoms with Gasteiger partial charge in [-0.2, -0.15) is 0 Å². The van der Waals surface area contributed by atoms with Gasteiger partial charge in [-0.25, -0.2) is 9.78 Å². The number of alkyl halides is 1. The van der Waals surface area contributed by atoms with Gasteiger partial charge in [0.05, 0.1) is 34.1 Å². The van der Waals surface area contributed by atoms with Crippen LogP contribution >= 0.6 is 11.6 Å². The van der Waals surface area contributed by atoms with Crippen LogP contribution in [0.5, 0.6) is 0 Å². The van der Waals surface area contributed by atoms with Crippen molar-refractivity contribution in [3.8, 4) is 0 Å². The van der Waals surface area contributed by atoms with Gasteiger partial charge in [-0.3, -0.25) is 4.79 Å². The fourth-order valence-electron chi connectivity index (χ4n) is 4.30. The summed E-state index contributed by atoms with van der Waals surface area (Å²) in [5.41, 5.74) is 2.18. The average molecular weight is 525 g/mol. The molecule has 1 aromatic heterocycles. The minimum atomic E-state index is -0.678. The second kappa shape index (κ2) is 12.4. The summed E-state index contributed by atoms with van der Waals surface area (Å²) in [6, 6.07) is 14.4. The smallest absolute Gasteiger partial charge is 0.339 e. The maximum Gasteiger partial charge on any atom is 0.339 e. The van der Waals surface area contributed by atoms with E-state index in [0.717, 1.165) is 29.7 Å². The van der Waals surface area contributed by atoms with Gasteiger partial charge in [0.2, 0.25) is 0 Å². The Morgan fingerprint density at radius 2 is 1.70 bits per heavy atom. The van der Waals surface area contributed by atoms with Gasteiger partial charge in [0.15, 0.2) is 0 Å². The van der Waals surface area contributed by atoms with Crippen LogP contribution < -0.4 is 5.32 Å². The molecule has 1 amide bonds. The van der Waals surface area contributed by atoms with Crippen molar-refractivity contribution < 1.29 is 14.3 Å². The second-order valence-electron chi connectivity index (χ2n) is 10.5. The third kappa shape index (κ3) is 7.41. The first kappa shape index (κ1) is 28.4. The number of ether oxygens (including phenoxy) is 1. The molecule has 0 saturated heterocycles. The molecule has 0 fully saturated rings. The number of aromatic nitrogens is 2. The Bertz CT molecular complexity index is 1260. The van der Waals surface area contributed by atoms with Crippen molar-refractivity contribution in [1.29, 1.82) is 5.41 Å². The highest BCUT2D eigenvalue weighted by atomic mass is 35.5. The first-order chi connectivity index (χ1) is 17.5. The molecule has 2 N–H and O–H groups in total. The number of carbonyl (C=O) groups is 2. The molecule has 0 radical (unpaired) electrons. The Balaban J connectivity index is 1.95. The van der Waals surface area contributed by atoms with Crippen LogP contribution in [0.2, 0.25) is 0 Å². The van der Waals surface area contributed by atoms with Gasteiger partial charge in [-0.05, 0) is 78.1 Å². The molecule has 0 spiro atoms. The maximum atomic E-state index is 13.6. The summed E-state index contributed by atoms with van der Waals surface area (Å²) in [6.07, 6.45) is 2.81. The van der Waals surface area contributed by atoms with E-state index in [9.17, 15) is 9.59 Å². The lowest BCUT2D eigenvalue weighted by atomic mass is 10.0. The molecule has 0 aliphatic carbocycles. The zero-order chi connectivity index (χ0) is 27.2. The van der Waals surface area contributed by atoms with Crippen molar-refractivity contribution >= 4 is 40.2 Å². The number of benzene rings is 2. The molecule has 8 heteroatoms. The number of nitrogens with one attached hydrogen (secondary N) is 2. The molecular formula is C29H37ClN4O3. The van der Waals surface area contributed by atoms with Gasteiger partial charge < -0.3 is 20.0 Å². The fraction of sp³-hybridized carbons (Fsp3) is 0.448. The zero-order valence-electron chi connectivity index (χ0n) is 22.3. The lowest BCUT2D eigenvalue weighted by Crippen LogP contribution is -2.33. The molecule has 3 aromatic rings. The zero-order valence-corrected chi connectivity index (χ0v) is 23.1. The predicted molar refractivity (Wildman–Crippen MR) is 149 cm³/mol. The third-order valence-corrected chi connectivity index (χ3v) is 6.25. The van der Waals surface area contributed by atoms with Crippen molar-refractivity contribution in [2.24, 2.45) is 0 Å². The Labute approximate surface area is 224 Å². The van der Waals surface area contributed by atoms with Crippen LogP contribution in [0.3, 0.4) is 0 Å². The van der Waals surface area contributed by atoms with E-state index in [1.165, 1.54) is 0 Å². The van der Waals surface area contributed by atoms with Crippen LogP contribution in [0.4, 0.5) is 0 Å². The molecule has 0 unspecified atom stereocenters. The Morgan fingerprint density at radius 3 is 2.35 bits per heavy atom. The molecule has 198 valence electrons. The molecule has 7 nitrogen and oxygen atoms in total. The number of amides is 1. The summed E-state index contributed by atoms with van der Waals surface area (Å²) in [4.78, 5) is 31.4. The van der Waals surface area contributed by atoms with Gasteiger partial charge in [-0.15, -0.1) is 11.6 Å². The number of rotatable bonds is 11. The van der Waals surface area contributed by atoms with Crippen molar-refractivity contribution in [1.82, 2.24) is 14.9 Å². The molecule has 0 bridgehead atoms. The standard InChI is InChI=1S/C29H37ClN4O3/c1-19(2)34-25-17-11-10-15-23(25)32-26(34)24(16-9-6-12-20(31)18-30)33-27(35)21-13-7-8-14-22(21)28(36)37-29(3,4)5/h7-8,10-11,13-15,17,19,24,31H,6,9,12,16,18H2,1-5H3,(H,33,35)/t24-/m0/s1. The van der Waals surface area contributed by atoms with Crippen molar-refractivity contribution in [2.45, 2.75) is 78.0 Å². The van der Waals surface area contributed by atoms with Crippen LogP contribution in [0.25, 0.3) is 11.0 Å². The lowest BCUT2D eigenvalue weighted by Gasteiger charge is -2.23. The molecule has 3 rings (SSSR count). The maximum absolute atomic E-state index is 13.6. The number of unbranched alkanes of at least 4 members (excludes halogenated alkanes) is 1. The molecule has 37 heavy (non-hydrogen) atoms. The van der Waals surface area contributed by atoms with E-state index in [1.807, 2.05) is 24.3 Å². The quantitative estimate of drug-likeness (QED) is 0.124. The van der Waals surface area contributed by atoms with Crippen LogP contribution in [0, 0.1) is 5.41 Å². The highest BCUT2D eigenvalue weighted by Gasteiger charge is 2.27. The monoisotopic (exact) mass is 524 g/mol. The van der Waals surface area contributed by atoms with Crippen LogP contribution in [-0.2, 0) is 4.74 Å². The fourth-order valence-corrected chi connectivity index (χ4v) is 4.43. The van der Waals surface area contributed by atoms with Crippen molar-refractivity contribution in [2.75, 3.05) is 5.88 Å². The van der Waals surface area contributed by atoms with Crippen LogP contribution in [-0.4, -0.2) is 38.6 Å². The number of nitrogens with zero attached hydrogens (tertiary/aromatic N) is 2. The van der Waals surface area contributed by atoms with E-state index in [4.69, 9.17) is 26.7 Å². The van der Waals surface area contributed by atoms with Gasteiger partial charge in [0, 0.05) is 11.8 Å². The normalized spacial score (nSPS) is 12.5. The number of para-hydroxylation sites is 2. The number of hydrogen-bond donors (Lipinski definition) is 2. The molecule has 1 atom stereocenters. The summed E-state index contributed by atoms with van der Waals surface area (Å²) >= 11 is 5.77. The van der Waals surface area contributed by atoms with E-state index in [-0.39, 0.29) is 35.0 Å². The van der Waals surface area contributed by atoms with Gasteiger partial charge >= 0.3 is 5.97 Å². The highest BCUT2D eigenvalue weighted by Crippen LogP contribution is 2.28. The van der Waals surface area contributed by atoms with E-state index in [2.05, 4.69) is 23.7 Å². The average Bonchev–Trinajstić information content (AvgIpc) is 3.24. The van der Waals surface area contributed by atoms with E-state index < -0.39 is 11.6 Å². The minimum Gasteiger partial charge on any atom is -0.456 e. The number of esters is 1. The van der Waals surface area contributed by atoms with Crippen molar-refractivity contribution in [3.63, 3.8) is 0 Å². The van der Waals surface area contributed by atoms with Crippen molar-refractivity contribution in [3.05, 3.63) is 65.5 Å². The molecule has 0 aliphatic rings. The summed E-state index contributed by atoms with van der Waals surface area (Å²) < 4.78 is 7.69. The number of carbonyl (C=O) groups excluding carboxylic acids is 2. The van der Waals surface area contributed by atoms with Crippen LogP contribution in [0.15, 0.2) is 48.5 Å². The SMILES string of the molecule is CC(C)n1c([C@H](CCCCC(=N)CCl)NC(=O)c2ccccc2C(=O)OC(C)(C)C)nc2ccccc21. The van der Waals surface area contributed by atoms with E-state index >= 15 is 0 Å². The summed E-state index contributed by atoms with van der Waals surface area (Å²) in [5, 5.41) is 11.0. The summed E-state index contributed by atoms with van der Waals surface area (Å²) in [6.45, 7) is 9.57. The largest absolute Gasteiger partial charge is 0.456 e. The number of hydrogen-bond acceptors (Lipinski definition) is 5. The second-order valence-corrected chi connectivity index (χ2v) is 10.7. The predicted octanol–water partition coefficient (Wildman–Crippen LogP) is 6.86. The number of fused-ring (bicyclic) bond motifs is 1.